The van der Waals surface area contributed by atoms with Gasteiger partial charge in [-0.3, -0.25) is 4.98 Å². The predicted molar refractivity (Wildman–Crippen MR) is 79.2 cm³/mol. The van der Waals surface area contributed by atoms with Gasteiger partial charge in [0.05, 0.1) is 16.6 Å². The van der Waals surface area contributed by atoms with Crippen LogP contribution in [0.4, 0.5) is 4.39 Å². The van der Waals surface area contributed by atoms with E-state index in [1.165, 1.54) is 6.07 Å². The Morgan fingerprint density at radius 3 is 2.75 bits per heavy atom. The quantitative estimate of drug-likeness (QED) is 0.771. The van der Waals surface area contributed by atoms with Crippen LogP contribution in [-0.2, 0) is 0 Å². The Morgan fingerprint density at radius 1 is 1.10 bits per heavy atom. The van der Waals surface area contributed by atoms with E-state index in [0.29, 0.717) is 5.56 Å². The first-order valence-electron chi connectivity index (χ1n) is 6.21. The second-order valence-corrected chi connectivity index (χ2v) is 4.96. The molecular weight excluding hydrogens is 275 g/mol. The molecular formula is C16H12ClFN2. The van der Waals surface area contributed by atoms with E-state index in [9.17, 15) is 4.39 Å². The molecule has 2 N–H and O–H groups in total. The van der Waals surface area contributed by atoms with Crippen molar-refractivity contribution in [3.63, 3.8) is 0 Å². The van der Waals surface area contributed by atoms with Gasteiger partial charge in [-0.2, -0.15) is 0 Å². The number of para-hydroxylation sites is 1. The van der Waals surface area contributed by atoms with Crippen LogP contribution in [0.3, 0.4) is 0 Å². The van der Waals surface area contributed by atoms with Crippen LogP contribution in [0.1, 0.15) is 17.2 Å². The van der Waals surface area contributed by atoms with Crippen molar-refractivity contribution in [1.29, 1.82) is 0 Å². The van der Waals surface area contributed by atoms with E-state index in [4.69, 9.17) is 17.3 Å². The van der Waals surface area contributed by atoms with Crippen LogP contribution >= 0.6 is 11.6 Å². The first-order valence-corrected chi connectivity index (χ1v) is 6.59. The van der Waals surface area contributed by atoms with Crippen molar-refractivity contribution in [3.05, 3.63) is 76.7 Å². The summed E-state index contributed by atoms with van der Waals surface area (Å²) in [6.07, 6.45) is 1.70. The molecule has 4 heteroatoms. The minimum Gasteiger partial charge on any atom is -0.320 e. The highest BCUT2D eigenvalue weighted by molar-refractivity contribution is 6.31. The van der Waals surface area contributed by atoms with Gasteiger partial charge in [0, 0.05) is 11.6 Å². The summed E-state index contributed by atoms with van der Waals surface area (Å²) in [5.41, 5.74) is 8.44. The monoisotopic (exact) mass is 286 g/mol. The van der Waals surface area contributed by atoms with Gasteiger partial charge in [0.25, 0.3) is 0 Å². The lowest BCUT2D eigenvalue weighted by molar-refractivity contribution is 0.624. The zero-order valence-electron chi connectivity index (χ0n) is 10.6. The molecule has 3 aromatic rings. The lowest BCUT2D eigenvalue weighted by atomic mass is 9.99. The summed E-state index contributed by atoms with van der Waals surface area (Å²) in [4.78, 5) is 4.36. The summed E-state index contributed by atoms with van der Waals surface area (Å²) in [6, 6.07) is 13.9. The third-order valence-corrected chi connectivity index (χ3v) is 3.69. The highest BCUT2D eigenvalue weighted by Gasteiger charge is 2.15. The number of pyridine rings is 1. The highest BCUT2D eigenvalue weighted by Crippen LogP contribution is 2.29. The number of halogens is 2. The molecule has 2 aromatic carbocycles. The normalized spacial score (nSPS) is 12.6. The molecule has 1 heterocycles. The maximum atomic E-state index is 13.5. The number of aromatic nitrogens is 1. The number of fused-ring (bicyclic) bond motifs is 1. The van der Waals surface area contributed by atoms with E-state index in [2.05, 4.69) is 4.98 Å². The van der Waals surface area contributed by atoms with Gasteiger partial charge in [-0.15, -0.1) is 0 Å². The first kappa shape index (κ1) is 13.0. The molecule has 2 nitrogen and oxygen atoms in total. The highest BCUT2D eigenvalue weighted by atomic mass is 35.5. The van der Waals surface area contributed by atoms with Gasteiger partial charge in [-0.1, -0.05) is 41.9 Å². The van der Waals surface area contributed by atoms with Crippen molar-refractivity contribution >= 4 is 22.5 Å². The standard InChI is InChI=1S/C16H12ClFN2/c17-15-12(5-3-6-13(15)18)16(19)11-8-10-4-1-2-7-14(10)20-9-11/h1-9,16H,19H2. The second kappa shape index (κ2) is 5.19. The Morgan fingerprint density at radius 2 is 1.90 bits per heavy atom. The van der Waals surface area contributed by atoms with Gasteiger partial charge in [0.15, 0.2) is 0 Å². The Kier molecular flexibility index (Phi) is 3.38. The van der Waals surface area contributed by atoms with Gasteiger partial charge in [-0.25, -0.2) is 4.39 Å². The molecule has 1 atom stereocenters. The third-order valence-electron chi connectivity index (χ3n) is 3.29. The Bertz CT molecular complexity index is 773. The molecule has 0 bridgehead atoms. The van der Waals surface area contributed by atoms with E-state index >= 15 is 0 Å². The third kappa shape index (κ3) is 2.26. The summed E-state index contributed by atoms with van der Waals surface area (Å²) in [5, 5.41) is 1.06. The van der Waals surface area contributed by atoms with Gasteiger partial charge in [-0.05, 0) is 29.3 Å². The van der Waals surface area contributed by atoms with E-state index in [1.54, 1.807) is 18.3 Å². The molecule has 3 rings (SSSR count). The van der Waals surface area contributed by atoms with Crippen LogP contribution < -0.4 is 5.73 Å². The fraction of sp³-hybridized carbons (Fsp3) is 0.0625. The molecule has 0 fully saturated rings. The van der Waals surface area contributed by atoms with Gasteiger partial charge >= 0.3 is 0 Å². The molecule has 0 amide bonds. The van der Waals surface area contributed by atoms with Crippen molar-refractivity contribution in [2.45, 2.75) is 6.04 Å². The Hall–Kier alpha value is -1.97. The number of hydrogen-bond donors (Lipinski definition) is 1. The van der Waals surface area contributed by atoms with E-state index in [-0.39, 0.29) is 5.02 Å². The van der Waals surface area contributed by atoms with Crippen molar-refractivity contribution in [1.82, 2.24) is 4.98 Å². The first-order chi connectivity index (χ1) is 9.66. The molecule has 0 aliphatic rings. The van der Waals surface area contributed by atoms with Crippen LogP contribution in [0.25, 0.3) is 10.9 Å². The van der Waals surface area contributed by atoms with Crippen molar-refractivity contribution in [3.8, 4) is 0 Å². The van der Waals surface area contributed by atoms with Gasteiger partial charge in [0.1, 0.15) is 5.82 Å². The summed E-state index contributed by atoms with van der Waals surface area (Å²) < 4.78 is 13.5. The maximum Gasteiger partial charge on any atom is 0.142 e. The topological polar surface area (TPSA) is 38.9 Å². The zero-order valence-corrected chi connectivity index (χ0v) is 11.3. The second-order valence-electron chi connectivity index (χ2n) is 4.58. The summed E-state index contributed by atoms with van der Waals surface area (Å²) in [5.74, 6) is -0.464. The average molecular weight is 287 g/mol. The lowest BCUT2D eigenvalue weighted by Crippen LogP contribution is -2.13. The van der Waals surface area contributed by atoms with Crippen LogP contribution in [0.15, 0.2) is 54.7 Å². The minimum absolute atomic E-state index is 0.0631. The molecule has 0 aliphatic heterocycles. The Labute approximate surface area is 121 Å². The van der Waals surface area contributed by atoms with E-state index in [1.807, 2.05) is 30.3 Å². The fourth-order valence-corrected chi connectivity index (χ4v) is 2.44. The maximum absolute atomic E-state index is 13.5. The van der Waals surface area contributed by atoms with Crippen LogP contribution in [0.2, 0.25) is 5.02 Å². The number of nitrogens with two attached hydrogens (primary N) is 1. The molecule has 0 saturated carbocycles. The van der Waals surface area contributed by atoms with E-state index < -0.39 is 11.9 Å². The number of rotatable bonds is 2. The number of hydrogen-bond acceptors (Lipinski definition) is 2. The van der Waals surface area contributed by atoms with Crippen molar-refractivity contribution < 1.29 is 4.39 Å². The smallest absolute Gasteiger partial charge is 0.142 e. The van der Waals surface area contributed by atoms with Crippen molar-refractivity contribution in [2.75, 3.05) is 0 Å². The fourth-order valence-electron chi connectivity index (χ4n) is 2.20. The molecule has 1 aromatic heterocycles. The molecule has 20 heavy (non-hydrogen) atoms. The van der Waals surface area contributed by atoms with Gasteiger partial charge in [0.2, 0.25) is 0 Å². The minimum atomic E-state index is -0.504. The van der Waals surface area contributed by atoms with E-state index in [0.717, 1.165) is 16.5 Å². The van der Waals surface area contributed by atoms with Crippen molar-refractivity contribution in [2.24, 2.45) is 5.73 Å². The molecule has 1 unspecified atom stereocenters. The van der Waals surface area contributed by atoms with Gasteiger partial charge < -0.3 is 5.73 Å². The lowest BCUT2D eigenvalue weighted by Gasteiger charge is -2.14. The molecule has 0 spiro atoms. The predicted octanol–water partition coefficient (Wildman–Crippen LogP) is 4.08. The molecule has 0 aliphatic carbocycles. The molecule has 100 valence electrons. The number of benzene rings is 2. The summed E-state index contributed by atoms with van der Waals surface area (Å²) >= 11 is 5.98. The van der Waals surface area contributed by atoms with Crippen LogP contribution in [0.5, 0.6) is 0 Å². The zero-order chi connectivity index (χ0) is 14.1. The SMILES string of the molecule is NC(c1cnc2ccccc2c1)c1cccc(F)c1Cl. The average Bonchev–Trinajstić information content (AvgIpc) is 2.49. The van der Waals surface area contributed by atoms with Crippen LogP contribution in [0, 0.1) is 5.82 Å². The summed E-state index contributed by atoms with van der Waals surface area (Å²) in [6.45, 7) is 0. The number of nitrogens with zero attached hydrogens (tertiary/aromatic N) is 1. The Balaban J connectivity index is 2.08. The molecule has 0 radical (unpaired) electrons. The van der Waals surface area contributed by atoms with Crippen LogP contribution in [-0.4, -0.2) is 4.98 Å². The summed E-state index contributed by atoms with van der Waals surface area (Å²) in [7, 11) is 0. The largest absolute Gasteiger partial charge is 0.320 e. The molecule has 0 saturated heterocycles.